The monoisotopic (exact) mass is 501 g/mol. The van der Waals surface area contributed by atoms with E-state index in [9.17, 15) is 24.6 Å². The number of aliphatic hydroxyl groups is 1. The Balaban J connectivity index is 1.66. The number of fused-ring (bicyclic) bond motifs is 1. The zero-order chi connectivity index (χ0) is 25.4. The number of carbonyl (C=O) groups excluding carboxylic acids is 2. The van der Waals surface area contributed by atoms with Gasteiger partial charge in [-0.25, -0.2) is 9.78 Å². The summed E-state index contributed by atoms with van der Waals surface area (Å²) < 4.78 is 5.99. The first-order valence-corrected chi connectivity index (χ1v) is 11.8. The van der Waals surface area contributed by atoms with Gasteiger partial charge < -0.3 is 14.9 Å². The van der Waals surface area contributed by atoms with E-state index in [1.165, 1.54) is 23.2 Å². The van der Waals surface area contributed by atoms with E-state index in [1.807, 2.05) is 6.92 Å². The molecule has 1 fully saturated rings. The molecule has 2 aromatic carbocycles. The highest BCUT2D eigenvalue weighted by atomic mass is 32.1. The number of nitrogens with zero attached hydrogens (tertiary/aromatic N) is 3. The number of thiazole rings is 1. The van der Waals surface area contributed by atoms with Gasteiger partial charge >= 0.3 is 11.9 Å². The van der Waals surface area contributed by atoms with Crippen LogP contribution in [0.15, 0.2) is 72.6 Å². The molecule has 1 amide bonds. The molecule has 5 rings (SSSR count). The van der Waals surface area contributed by atoms with E-state index in [1.54, 1.807) is 48.7 Å². The number of Topliss-reactive ketones (excluding diaryl/α,β-unsaturated/α-hetero) is 1. The van der Waals surface area contributed by atoms with Gasteiger partial charge in [0.2, 0.25) is 0 Å². The van der Waals surface area contributed by atoms with Crippen LogP contribution in [0.2, 0.25) is 0 Å². The quantitative estimate of drug-likeness (QED) is 0.226. The molecule has 4 aromatic rings. The van der Waals surface area contributed by atoms with E-state index in [0.717, 1.165) is 11.3 Å². The maximum absolute atomic E-state index is 13.3. The average Bonchev–Trinajstić information content (AvgIpc) is 3.42. The topological polar surface area (TPSA) is 130 Å². The van der Waals surface area contributed by atoms with Gasteiger partial charge in [0.25, 0.3) is 5.78 Å². The largest absolute Gasteiger partial charge is 0.507 e. The molecule has 0 radical (unpaired) electrons. The van der Waals surface area contributed by atoms with Crippen LogP contribution in [-0.2, 0) is 9.59 Å². The molecule has 3 heterocycles. The minimum absolute atomic E-state index is 0.0825. The van der Waals surface area contributed by atoms with Crippen LogP contribution in [0, 0.1) is 0 Å². The van der Waals surface area contributed by atoms with Crippen LogP contribution in [0.5, 0.6) is 5.75 Å². The summed E-state index contributed by atoms with van der Waals surface area (Å²) in [7, 11) is 0. The number of aliphatic hydroxyl groups excluding tert-OH is 1. The summed E-state index contributed by atoms with van der Waals surface area (Å²) in [6, 6.07) is 13.4. The zero-order valence-corrected chi connectivity index (χ0v) is 19.7. The molecule has 0 aliphatic carbocycles. The minimum atomic E-state index is -1.09. The van der Waals surface area contributed by atoms with Crippen molar-refractivity contribution in [3.63, 3.8) is 0 Å². The van der Waals surface area contributed by atoms with E-state index in [2.05, 4.69) is 9.97 Å². The Bertz CT molecular complexity index is 1530. The summed E-state index contributed by atoms with van der Waals surface area (Å²) in [5, 5.41) is 20.7. The molecular weight excluding hydrogens is 482 g/mol. The number of hydrogen-bond donors (Lipinski definition) is 2. The first kappa shape index (κ1) is 23.2. The third-order valence-corrected chi connectivity index (χ3v) is 6.73. The molecule has 1 unspecified atom stereocenters. The summed E-state index contributed by atoms with van der Waals surface area (Å²) in [5.41, 5.74) is 1.33. The maximum Gasteiger partial charge on any atom is 0.335 e. The van der Waals surface area contributed by atoms with E-state index in [0.29, 0.717) is 33.7 Å². The molecular formula is C26H19N3O6S. The van der Waals surface area contributed by atoms with Crippen molar-refractivity contribution in [1.82, 2.24) is 9.97 Å². The fourth-order valence-corrected chi connectivity index (χ4v) is 5.09. The number of hydrogen-bond acceptors (Lipinski definition) is 8. The number of benzene rings is 2. The predicted molar refractivity (Wildman–Crippen MR) is 133 cm³/mol. The van der Waals surface area contributed by atoms with Gasteiger partial charge in [0.15, 0.2) is 5.13 Å². The number of amides is 1. The van der Waals surface area contributed by atoms with Crippen LogP contribution in [-0.4, -0.2) is 44.4 Å². The second-order valence-corrected chi connectivity index (χ2v) is 8.91. The van der Waals surface area contributed by atoms with E-state index >= 15 is 0 Å². The van der Waals surface area contributed by atoms with Crippen molar-refractivity contribution in [2.75, 3.05) is 11.5 Å². The van der Waals surface area contributed by atoms with Crippen molar-refractivity contribution in [1.29, 1.82) is 0 Å². The summed E-state index contributed by atoms with van der Waals surface area (Å²) >= 11 is 1.08. The Morgan fingerprint density at radius 3 is 2.50 bits per heavy atom. The van der Waals surface area contributed by atoms with Crippen LogP contribution in [0.3, 0.4) is 0 Å². The SMILES string of the molecule is CCOc1ccc(/C(O)=C2\C(=O)C(=O)N(c3nc4ccc(C(=O)O)cc4s3)C2c2cccnc2)cc1. The van der Waals surface area contributed by atoms with Gasteiger partial charge in [0.1, 0.15) is 11.5 Å². The highest BCUT2D eigenvalue weighted by Gasteiger charge is 2.48. The minimum Gasteiger partial charge on any atom is -0.507 e. The molecule has 2 aromatic heterocycles. The van der Waals surface area contributed by atoms with Gasteiger partial charge in [0.05, 0.1) is 34.0 Å². The van der Waals surface area contributed by atoms with Crippen molar-refractivity contribution in [2.45, 2.75) is 13.0 Å². The van der Waals surface area contributed by atoms with Gasteiger partial charge in [-0.3, -0.25) is 19.5 Å². The molecule has 1 aliphatic rings. The number of rotatable bonds is 6. The second-order valence-electron chi connectivity index (χ2n) is 7.90. The Kier molecular flexibility index (Phi) is 5.95. The van der Waals surface area contributed by atoms with Crippen LogP contribution in [0.25, 0.3) is 16.0 Å². The van der Waals surface area contributed by atoms with Gasteiger partial charge in [-0.2, -0.15) is 0 Å². The summed E-state index contributed by atoms with van der Waals surface area (Å²) in [6.07, 6.45) is 3.08. The fraction of sp³-hybridized carbons (Fsp3) is 0.115. The lowest BCUT2D eigenvalue weighted by Crippen LogP contribution is -2.29. The van der Waals surface area contributed by atoms with E-state index in [4.69, 9.17) is 4.74 Å². The van der Waals surface area contributed by atoms with Crippen molar-refractivity contribution < 1.29 is 29.3 Å². The molecule has 10 heteroatoms. The Hall–Kier alpha value is -4.57. The van der Waals surface area contributed by atoms with Gasteiger partial charge in [-0.05, 0) is 61.0 Å². The number of ketones is 1. The molecule has 0 bridgehead atoms. The average molecular weight is 502 g/mol. The standard InChI is InChI=1S/C26H19N3O6S/c1-2-35-17-8-5-14(6-9-17)22(30)20-21(16-4-3-11-27-13-16)29(24(32)23(20)31)26-28-18-10-7-15(25(33)34)12-19(18)36-26/h3-13,21,30H,2H2,1H3,(H,33,34)/b22-20+. The highest BCUT2D eigenvalue weighted by molar-refractivity contribution is 7.22. The van der Waals surface area contributed by atoms with Crippen LogP contribution in [0.1, 0.15) is 34.5 Å². The highest BCUT2D eigenvalue weighted by Crippen LogP contribution is 2.44. The van der Waals surface area contributed by atoms with E-state index < -0.39 is 23.7 Å². The molecule has 0 saturated carbocycles. The van der Waals surface area contributed by atoms with Crippen LogP contribution in [0.4, 0.5) is 5.13 Å². The normalized spacial score (nSPS) is 17.0. The third-order valence-electron chi connectivity index (χ3n) is 5.71. The second kappa shape index (κ2) is 9.23. The summed E-state index contributed by atoms with van der Waals surface area (Å²) in [6.45, 7) is 2.33. The van der Waals surface area contributed by atoms with Crippen LogP contribution < -0.4 is 9.64 Å². The first-order chi connectivity index (χ1) is 17.4. The lowest BCUT2D eigenvalue weighted by atomic mass is 9.96. The number of carboxylic acids is 1. The molecule has 1 atom stereocenters. The fourth-order valence-electron chi connectivity index (χ4n) is 4.06. The number of carbonyl (C=O) groups is 3. The molecule has 1 saturated heterocycles. The van der Waals surface area contributed by atoms with Gasteiger partial charge in [0, 0.05) is 18.0 Å². The smallest absolute Gasteiger partial charge is 0.335 e. The number of aromatic nitrogens is 2. The number of anilines is 1. The van der Waals surface area contributed by atoms with Gasteiger partial charge in [-0.15, -0.1) is 0 Å². The lowest BCUT2D eigenvalue weighted by Gasteiger charge is -2.22. The molecule has 2 N–H and O–H groups in total. The number of aromatic carboxylic acids is 1. The summed E-state index contributed by atoms with van der Waals surface area (Å²) in [4.78, 5) is 47.8. The van der Waals surface area contributed by atoms with Crippen molar-refractivity contribution in [2.24, 2.45) is 0 Å². The van der Waals surface area contributed by atoms with Crippen LogP contribution >= 0.6 is 11.3 Å². The van der Waals surface area contributed by atoms with Crippen molar-refractivity contribution in [3.8, 4) is 5.75 Å². The Labute approximate surface area is 208 Å². The molecule has 0 spiro atoms. The number of ether oxygens (including phenoxy) is 1. The molecule has 36 heavy (non-hydrogen) atoms. The van der Waals surface area contributed by atoms with E-state index in [-0.39, 0.29) is 22.0 Å². The summed E-state index contributed by atoms with van der Waals surface area (Å²) in [5.74, 6) is -2.52. The first-order valence-electron chi connectivity index (χ1n) is 11.0. The van der Waals surface area contributed by atoms with Gasteiger partial charge in [-0.1, -0.05) is 17.4 Å². The maximum atomic E-state index is 13.3. The molecule has 180 valence electrons. The molecule has 9 nitrogen and oxygen atoms in total. The third kappa shape index (κ3) is 3.97. The number of pyridine rings is 1. The zero-order valence-electron chi connectivity index (χ0n) is 18.9. The van der Waals surface area contributed by atoms with Crippen molar-refractivity contribution in [3.05, 3.63) is 89.3 Å². The lowest BCUT2D eigenvalue weighted by molar-refractivity contribution is -0.132. The predicted octanol–water partition coefficient (Wildman–Crippen LogP) is 4.41. The molecule has 1 aliphatic heterocycles. The number of carboxylic acid groups (broad SMARTS) is 1. The Morgan fingerprint density at radius 2 is 1.83 bits per heavy atom. The Morgan fingerprint density at radius 1 is 1.08 bits per heavy atom. The van der Waals surface area contributed by atoms with Crippen molar-refractivity contribution >= 4 is 50.1 Å².